The molecule has 0 spiro atoms. The zero-order valence-corrected chi connectivity index (χ0v) is 10.2. The predicted octanol–water partition coefficient (Wildman–Crippen LogP) is 1.23. The van der Waals surface area contributed by atoms with Crippen molar-refractivity contribution in [2.45, 2.75) is 18.7 Å². The third kappa shape index (κ3) is 3.06. The second kappa shape index (κ2) is 5.31. The maximum atomic E-state index is 13.5. The number of aromatic nitrogens is 1. The van der Waals surface area contributed by atoms with Crippen molar-refractivity contribution in [1.82, 2.24) is 10.3 Å². The predicted molar refractivity (Wildman–Crippen MR) is 65.4 cm³/mol. The molecule has 94 valence electrons. The molecule has 0 saturated carbocycles. The fraction of sp³-hybridized carbons (Fsp3) is 0.583. The molecule has 0 unspecified atom stereocenters. The second-order valence-electron chi connectivity index (χ2n) is 4.41. The molecule has 0 amide bonds. The number of ether oxygens (including phenoxy) is 1. The highest BCUT2D eigenvalue weighted by atomic mass is 19.1. The van der Waals surface area contributed by atoms with Crippen LogP contribution in [-0.4, -0.2) is 44.4 Å². The number of hydrogen-bond acceptors (Lipinski definition) is 4. The van der Waals surface area contributed by atoms with Crippen LogP contribution in [0.25, 0.3) is 0 Å². The number of nitrogens with one attached hydrogen (secondary N) is 1. The molecule has 1 aliphatic heterocycles. The van der Waals surface area contributed by atoms with Crippen molar-refractivity contribution in [2.24, 2.45) is 0 Å². The fourth-order valence-electron chi connectivity index (χ4n) is 1.81. The van der Waals surface area contributed by atoms with Gasteiger partial charge in [0.2, 0.25) is 0 Å². The number of piperidine rings is 1. The first kappa shape index (κ1) is 12.1. The van der Waals surface area contributed by atoms with Crippen molar-refractivity contribution >= 4 is 5.82 Å². The Bertz CT molecular complexity index is 355. The SMILES string of the molecule is CN(C)c1ccc(O[C@H]2CCNC[C@@H]2F)cn1. The van der Waals surface area contributed by atoms with Gasteiger partial charge in [-0.1, -0.05) is 0 Å². The molecule has 2 heterocycles. The van der Waals surface area contributed by atoms with Crippen molar-refractivity contribution in [3.05, 3.63) is 18.3 Å². The molecule has 1 aromatic heterocycles. The molecule has 2 atom stereocenters. The highest BCUT2D eigenvalue weighted by molar-refractivity contribution is 5.38. The maximum absolute atomic E-state index is 13.5. The summed E-state index contributed by atoms with van der Waals surface area (Å²) in [4.78, 5) is 6.14. The van der Waals surface area contributed by atoms with Gasteiger partial charge in [-0.05, 0) is 25.1 Å². The topological polar surface area (TPSA) is 37.4 Å². The zero-order valence-electron chi connectivity index (χ0n) is 10.2. The minimum Gasteiger partial charge on any atom is -0.486 e. The Morgan fingerprint density at radius 1 is 1.47 bits per heavy atom. The van der Waals surface area contributed by atoms with E-state index in [-0.39, 0.29) is 6.10 Å². The number of rotatable bonds is 3. The molecular formula is C12H18FN3O. The van der Waals surface area contributed by atoms with Gasteiger partial charge in [0, 0.05) is 20.6 Å². The van der Waals surface area contributed by atoms with Gasteiger partial charge in [-0.3, -0.25) is 0 Å². The molecule has 2 rings (SSSR count). The summed E-state index contributed by atoms with van der Waals surface area (Å²) < 4.78 is 19.1. The Hall–Kier alpha value is -1.36. The third-order valence-electron chi connectivity index (χ3n) is 2.81. The first-order valence-corrected chi connectivity index (χ1v) is 5.81. The molecule has 1 aromatic rings. The van der Waals surface area contributed by atoms with Gasteiger partial charge in [-0.15, -0.1) is 0 Å². The van der Waals surface area contributed by atoms with E-state index in [1.165, 1.54) is 0 Å². The zero-order chi connectivity index (χ0) is 12.3. The number of hydrogen-bond donors (Lipinski definition) is 1. The molecule has 1 fully saturated rings. The van der Waals surface area contributed by atoms with Crippen molar-refractivity contribution in [2.75, 3.05) is 32.1 Å². The lowest BCUT2D eigenvalue weighted by atomic mass is 10.1. The van der Waals surface area contributed by atoms with E-state index in [2.05, 4.69) is 10.3 Å². The van der Waals surface area contributed by atoms with Crippen LogP contribution in [0.5, 0.6) is 5.75 Å². The average molecular weight is 239 g/mol. The summed E-state index contributed by atoms with van der Waals surface area (Å²) in [5, 5.41) is 3.00. The number of halogens is 1. The number of nitrogens with zero attached hydrogens (tertiary/aromatic N) is 2. The number of pyridine rings is 1. The van der Waals surface area contributed by atoms with Gasteiger partial charge in [0.15, 0.2) is 0 Å². The Labute approximate surface area is 101 Å². The maximum Gasteiger partial charge on any atom is 0.149 e. The van der Waals surface area contributed by atoms with Crippen LogP contribution < -0.4 is 15.0 Å². The standard InChI is InChI=1S/C12H18FN3O/c1-16(2)12-4-3-9(7-15-12)17-11-5-6-14-8-10(11)13/h3-4,7,10-11,14H,5-6,8H2,1-2H3/t10-,11-/m0/s1. The van der Waals surface area contributed by atoms with Crippen LogP contribution in [0.3, 0.4) is 0 Å². The molecule has 0 aromatic carbocycles. The first-order chi connectivity index (χ1) is 8.16. The average Bonchev–Trinajstić information content (AvgIpc) is 2.33. The summed E-state index contributed by atoms with van der Waals surface area (Å²) in [5.41, 5.74) is 0. The van der Waals surface area contributed by atoms with Gasteiger partial charge < -0.3 is 15.0 Å². The molecule has 1 N–H and O–H groups in total. The molecule has 1 saturated heterocycles. The molecule has 4 nitrogen and oxygen atoms in total. The minimum atomic E-state index is -0.947. The highest BCUT2D eigenvalue weighted by Crippen LogP contribution is 2.19. The Morgan fingerprint density at radius 2 is 2.29 bits per heavy atom. The summed E-state index contributed by atoms with van der Waals surface area (Å²) >= 11 is 0. The highest BCUT2D eigenvalue weighted by Gasteiger charge is 2.26. The van der Waals surface area contributed by atoms with E-state index in [4.69, 9.17) is 4.74 Å². The third-order valence-corrected chi connectivity index (χ3v) is 2.81. The Kier molecular flexibility index (Phi) is 3.78. The van der Waals surface area contributed by atoms with Crippen molar-refractivity contribution in [3.8, 4) is 5.75 Å². The smallest absolute Gasteiger partial charge is 0.149 e. The number of anilines is 1. The molecule has 0 bridgehead atoms. The summed E-state index contributed by atoms with van der Waals surface area (Å²) in [6.07, 6.45) is 1.03. The van der Waals surface area contributed by atoms with E-state index in [9.17, 15) is 4.39 Å². The molecular weight excluding hydrogens is 221 g/mol. The molecule has 0 aliphatic carbocycles. The normalized spacial score (nSPS) is 24.4. The van der Waals surface area contributed by atoms with Gasteiger partial charge in [0.1, 0.15) is 23.8 Å². The fourth-order valence-corrected chi connectivity index (χ4v) is 1.81. The van der Waals surface area contributed by atoms with Crippen LogP contribution in [0.15, 0.2) is 18.3 Å². The van der Waals surface area contributed by atoms with E-state index in [1.807, 2.05) is 31.1 Å². The minimum absolute atomic E-state index is 0.358. The van der Waals surface area contributed by atoms with E-state index in [0.717, 1.165) is 12.4 Å². The molecule has 0 radical (unpaired) electrons. The molecule has 1 aliphatic rings. The van der Waals surface area contributed by atoms with Gasteiger partial charge >= 0.3 is 0 Å². The van der Waals surface area contributed by atoms with Gasteiger partial charge in [-0.2, -0.15) is 0 Å². The number of alkyl halides is 1. The van der Waals surface area contributed by atoms with Gasteiger partial charge in [0.05, 0.1) is 6.20 Å². The lowest BCUT2D eigenvalue weighted by molar-refractivity contribution is 0.0729. The Balaban J connectivity index is 1.98. The monoisotopic (exact) mass is 239 g/mol. The van der Waals surface area contributed by atoms with Crippen LogP contribution >= 0.6 is 0 Å². The summed E-state index contributed by atoms with van der Waals surface area (Å²) in [6, 6.07) is 3.70. The second-order valence-corrected chi connectivity index (χ2v) is 4.41. The molecule has 5 heteroatoms. The lowest BCUT2D eigenvalue weighted by Crippen LogP contribution is -2.44. The van der Waals surface area contributed by atoms with E-state index in [1.54, 1.807) is 6.20 Å². The van der Waals surface area contributed by atoms with Gasteiger partial charge in [-0.25, -0.2) is 9.37 Å². The van der Waals surface area contributed by atoms with Crippen LogP contribution in [0, 0.1) is 0 Å². The van der Waals surface area contributed by atoms with Crippen LogP contribution in [-0.2, 0) is 0 Å². The quantitative estimate of drug-likeness (QED) is 0.860. The van der Waals surface area contributed by atoms with Crippen molar-refractivity contribution in [1.29, 1.82) is 0 Å². The summed E-state index contributed by atoms with van der Waals surface area (Å²) in [5.74, 6) is 1.49. The first-order valence-electron chi connectivity index (χ1n) is 5.81. The molecule has 17 heavy (non-hydrogen) atoms. The Morgan fingerprint density at radius 3 is 2.88 bits per heavy atom. The van der Waals surface area contributed by atoms with E-state index < -0.39 is 6.17 Å². The van der Waals surface area contributed by atoms with Gasteiger partial charge in [0.25, 0.3) is 0 Å². The van der Waals surface area contributed by atoms with E-state index >= 15 is 0 Å². The van der Waals surface area contributed by atoms with Crippen LogP contribution in [0.4, 0.5) is 10.2 Å². The van der Waals surface area contributed by atoms with Crippen LogP contribution in [0.2, 0.25) is 0 Å². The largest absolute Gasteiger partial charge is 0.486 e. The lowest BCUT2D eigenvalue weighted by Gasteiger charge is -2.27. The van der Waals surface area contributed by atoms with Crippen LogP contribution in [0.1, 0.15) is 6.42 Å². The van der Waals surface area contributed by atoms with Crippen molar-refractivity contribution in [3.63, 3.8) is 0 Å². The summed E-state index contributed by atoms with van der Waals surface area (Å²) in [7, 11) is 3.85. The van der Waals surface area contributed by atoms with Crippen molar-refractivity contribution < 1.29 is 9.13 Å². The summed E-state index contributed by atoms with van der Waals surface area (Å²) in [6.45, 7) is 1.17. The van der Waals surface area contributed by atoms with E-state index in [0.29, 0.717) is 18.7 Å².